The second-order valence-corrected chi connectivity index (χ2v) is 11.4. The number of amides is 1. The van der Waals surface area contributed by atoms with Gasteiger partial charge in [0.2, 0.25) is 5.91 Å². The van der Waals surface area contributed by atoms with E-state index in [0.717, 1.165) is 40.6 Å². The molecule has 1 atom stereocenters. The van der Waals surface area contributed by atoms with E-state index in [1.165, 1.54) is 32.1 Å². The number of nitrogens with one attached hydrogen (secondary N) is 1. The predicted octanol–water partition coefficient (Wildman–Crippen LogP) is 4.92. The van der Waals surface area contributed by atoms with Crippen molar-refractivity contribution < 1.29 is 34.1 Å². The standard InChI is InChI=1S/C27H36N2O3S.C2H2O4/c1-26(15-8-5-9-16-26)28-18-10-17-27(21-19-20(31-3)13-14-23(21)32-4)25(30)29(2)22-11-6-7-12-24(22)33-27;3-1(4)2(5)6/h6-7,11-14,19,28H,5,8-10,15-18H2,1-4H3;(H,3,4)(H,5,6). The molecule has 0 aromatic heterocycles. The van der Waals surface area contributed by atoms with Crippen molar-refractivity contribution in [2.24, 2.45) is 0 Å². The van der Waals surface area contributed by atoms with Crippen molar-refractivity contribution in [2.75, 3.05) is 32.7 Å². The second-order valence-electron chi connectivity index (χ2n) is 10.1. The number of ether oxygens (including phenoxy) is 2. The van der Waals surface area contributed by atoms with Crippen LogP contribution in [0.3, 0.4) is 0 Å². The first kappa shape index (κ1) is 30.3. The first-order valence-electron chi connectivity index (χ1n) is 13.1. The van der Waals surface area contributed by atoms with Gasteiger partial charge in [0, 0.05) is 23.0 Å². The van der Waals surface area contributed by atoms with Crippen LogP contribution in [0.15, 0.2) is 47.4 Å². The molecule has 0 spiro atoms. The van der Waals surface area contributed by atoms with Crippen LogP contribution in [-0.4, -0.2) is 61.4 Å². The number of aliphatic carboxylic acids is 2. The zero-order valence-corrected chi connectivity index (χ0v) is 23.8. The summed E-state index contributed by atoms with van der Waals surface area (Å²) >= 11 is 1.65. The van der Waals surface area contributed by atoms with Crippen molar-refractivity contribution in [3.8, 4) is 11.5 Å². The molecule has 1 aliphatic heterocycles. The van der Waals surface area contributed by atoms with Crippen LogP contribution in [0.4, 0.5) is 5.69 Å². The normalized spacial score (nSPS) is 19.8. The van der Waals surface area contributed by atoms with Gasteiger partial charge in [0.05, 0.1) is 19.9 Å². The fourth-order valence-electron chi connectivity index (χ4n) is 5.26. The van der Waals surface area contributed by atoms with E-state index in [9.17, 15) is 4.79 Å². The third-order valence-electron chi connectivity index (χ3n) is 7.40. The zero-order chi connectivity index (χ0) is 28.6. The van der Waals surface area contributed by atoms with Crippen molar-refractivity contribution in [1.82, 2.24) is 5.32 Å². The minimum Gasteiger partial charge on any atom is -0.497 e. The molecule has 0 bridgehead atoms. The number of para-hydroxylation sites is 1. The number of carbonyl (C=O) groups is 3. The fraction of sp³-hybridized carbons (Fsp3) is 0.483. The third-order valence-corrected chi connectivity index (χ3v) is 8.91. The number of hydrogen-bond donors (Lipinski definition) is 3. The van der Waals surface area contributed by atoms with E-state index in [0.29, 0.717) is 6.42 Å². The molecule has 1 amide bonds. The Labute approximate surface area is 233 Å². The number of likely N-dealkylation sites (N-methyl/N-ethyl adjacent to an activating group) is 1. The van der Waals surface area contributed by atoms with Gasteiger partial charge >= 0.3 is 11.9 Å². The summed E-state index contributed by atoms with van der Waals surface area (Å²) < 4.78 is 10.5. The van der Waals surface area contributed by atoms with E-state index in [2.05, 4.69) is 18.3 Å². The van der Waals surface area contributed by atoms with Gasteiger partial charge in [-0.15, -0.1) is 11.8 Å². The Morgan fingerprint density at radius 3 is 2.31 bits per heavy atom. The van der Waals surface area contributed by atoms with E-state index in [1.54, 1.807) is 30.9 Å². The molecule has 2 aromatic rings. The zero-order valence-electron chi connectivity index (χ0n) is 23.0. The first-order chi connectivity index (χ1) is 18.6. The predicted molar refractivity (Wildman–Crippen MR) is 151 cm³/mol. The number of thioether (sulfide) groups is 1. The summed E-state index contributed by atoms with van der Waals surface area (Å²) in [6.45, 7) is 3.24. The number of nitrogens with zero attached hydrogens (tertiary/aromatic N) is 1. The van der Waals surface area contributed by atoms with E-state index >= 15 is 0 Å². The molecule has 10 heteroatoms. The summed E-state index contributed by atoms with van der Waals surface area (Å²) in [5.74, 6) is -2.11. The minimum absolute atomic E-state index is 0.0848. The Bertz CT molecular complexity index is 1170. The maximum absolute atomic E-state index is 14.0. The van der Waals surface area contributed by atoms with Gasteiger partial charge in [0.25, 0.3) is 0 Å². The average Bonchev–Trinajstić information content (AvgIpc) is 2.94. The molecular formula is C29H38N2O7S. The molecule has 0 radical (unpaired) electrons. The van der Waals surface area contributed by atoms with Crippen LogP contribution in [-0.2, 0) is 19.1 Å². The molecule has 39 heavy (non-hydrogen) atoms. The topological polar surface area (TPSA) is 125 Å². The highest BCUT2D eigenvalue weighted by Crippen LogP contribution is 2.55. The highest BCUT2D eigenvalue weighted by Gasteiger charge is 2.48. The maximum Gasteiger partial charge on any atom is 0.414 e. The van der Waals surface area contributed by atoms with Crippen molar-refractivity contribution in [1.29, 1.82) is 0 Å². The number of rotatable bonds is 8. The molecule has 2 aliphatic rings. The molecule has 212 valence electrons. The van der Waals surface area contributed by atoms with Gasteiger partial charge in [0.15, 0.2) is 0 Å². The Morgan fingerprint density at radius 1 is 1.03 bits per heavy atom. The fourth-order valence-corrected chi connectivity index (χ4v) is 6.83. The first-order valence-corrected chi connectivity index (χ1v) is 13.9. The molecule has 1 unspecified atom stereocenters. The van der Waals surface area contributed by atoms with Crippen LogP contribution >= 0.6 is 11.8 Å². The molecular weight excluding hydrogens is 520 g/mol. The van der Waals surface area contributed by atoms with Gasteiger partial charge in [-0.25, -0.2) is 9.59 Å². The van der Waals surface area contributed by atoms with Crippen LogP contribution < -0.4 is 19.7 Å². The number of anilines is 1. The van der Waals surface area contributed by atoms with Crippen molar-refractivity contribution in [3.05, 3.63) is 48.0 Å². The van der Waals surface area contributed by atoms with Gasteiger partial charge in [-0.2, -0.15) is 0 Å². The number of benzene rings is 2. The van der Waals surface area contributed by atoms with Gasteiger partial charge in [-0.1, -0.05) is 31.4 Å². The molecule has 9 nitrogen and oxygen atoms in total. The lowest BCUT2D eigenvalue weighted by molar-refractivity contribution is -0.159. The van der Waals surface area contributed by atoms with Crippen LogP contribution in [0, 0.1) is 0 Å². The van der Waals surface area contributed by atoms with Crippen LogP contribution in [0.2, 0.25) is 0 Å². The molecule has 1 heterocycles. The number of fused-ring (bicyclic) bond motifs is 1. The maximum atomic E-state index is 14.0. The molecule has 2 aromatic carbocycles. The van der Waals surface area contributed by atoms with Gasteiger partial charge in [0.1, 0.15) is 16.2 Å². The van der Waals surface area contributed by atoms with E-state index in [4.69, 9.17) is 29.3 Å². The lowest BCUT2D eigenvalue weighted by Gasteiger charge is -2.42. The SMILES string of the molecule is COc1ccc(OC)c(C2(CCCNC3(C)CCCCC3)Sc3ccccc3N(C)C2=O)c1.O=C(O)C(=O)O. The van der Waals surface area contributed by atoms with Gasteiger partial charge in [-0.3, -0.25) is 4.79 Å². The van der Waals surface area contributed by atoms with E-state index < -0.39 is 16.7 Å². The van der Waals surface area contributed by atoms with Gasteiger partial charge in [-0.05, 0) is 69.5 Å². The largest absolute Gasteiger partial charge is 0.497 e. The summed E-state index contributed by atoms with van der Waals surface area (Å²) in [4.78, 5) is 35.1. The number of hydrogen-bond acceptors (Lipinski definition) is 7. The van der Waals surface area contributed by atoms with E-state index in [-0.39, 0.29) is 11.4 Å². The smallest absolute Gasteiger partial charge is 0.414 e. The second kappa shape index (κ2) is 13.2. The van der Waals surface area contributed by atoms with E-state index in [1.807, 2.05) is 43.4 Å². The molecule has 0 saturated heterocycles. The molecule has 3 N–H and O–H groups in total. The van der Waals surface area contributed by atoms with Crippen molar-refractivity contribution >= 4 is 35.3 Å². The average molecular weight is 559 g/mol. The summed E-state index contributed by atoms with van der Waals surface area (Å²) in [7, 11) is 5.20. The molecule has 1 fully saturated rings. The Hall–Kier alpha value is -3.24. The Balaban J connectivity index is 0.000000631. The highest BCUT2D eigenvalue weighted by molar-refractivity contribution is 8.01. The number of methoxy groups -OCH3 is 2. The van der Waals surface area contributed by atoms with Gasteiger partial charge < -0.3 is 29.9 Å². The number of carboxylic acids is 2. The highest BCUT2D eigenvalue weighted by atomic mass is 32.2. The molecule has 4 rings (SSSR count). The summed E-state index contributed by atoms with van der Waals surface area (Å²) in [6, 6.07) is 13.9. The summed E-state index contributed by atoms with van der Waals surface area (Å²) in [6.07, 6.45) is 7.99. The molecule has 1 saturated carbocycles. The van der Waals surface area contributed by atoms with Crippen LogP contribution in [0.25, 0.3) is 0 Å². The molecule has 1 aliphatic carbocycles. The Morgan fingerprint density at radius 2 is 1.69 bits per heavy atom. The Kier molecular flexibility index (Phi) is 10.3. The number of carbonyl (C=O) groups excluding carboxylic acids is 1. The number of carboxylic acid groups (broad SMARTS) is 2. The van der Waals surface area contributed by atoms with Crippen LogP contribution in [0.5, 0.6) is 11.5 Å². The summed E-state index contributed by atoms with van der Waals surface area (Å²) in [5, 5.41) is 18.6. The lowest BCUT2D eigenvalue weighted by atomic mass is 9.83. The summed E-state index contributed by atoms with van der Waals surface area (Å²) in [5.41, 5.74) is 2.05. The lowest BCUT2D eigenvalue weighted by Crippen LogP contribution is -2.48. The van der Waals surface area contributed by atoms with Crippen molar-refractivity contribution in [2.45, 2.75) is 67.1 Å². The monoisotopic (exact) mass is 558 g/mol. The minimum atomic E-state index is -1.82. The quantitative estimate of drug-likeness (QED) is 0.306. The van der Waals surface area contributed by atoms with Crippen LogP contribution in [0.1, 0.15) is 57.4 Å². The van der Waals surface area contributed by atoms with Crippen molar-refractivity contribution in [3.63, 3.8) is 0 Å². The third kappa shape index (κ3) is 7.05.